The Morgan fingerprint density at radius 1 is 1.37 bits per heavy atom. The maximum atomic E-state index is 11.3. The summed E-state index contributed by atoms with van der Waals surface area (Å²) in [5.41, 5.74) is 0.810. The Labute approximate surface area is 111 Å². The second kappa shape index (κ2) is 6.13. The molecule has 0 aliphatic heterocycles. The Morgan fingerprint density at radius 3 is 2.95 bits per heavy atom. The fourth-order valence-electron chi connectivity index (χ4n) is 1.63. The number of aromatic nitrogens is 2. The van der Waals surface area contributed by atoms with Gasteiger partial charge in [0.2, 0.25) is 11.7 Å². The van der Waals surface area contributed by atoms with E-state index in [9.17, 15) is 4.79 Å². The molecule has 0 bridgehead atoms. The molecule has 0 saturated carbocycles. The van der Waals surface area contributed by atoms with Gasteiger partial charge in [0.05, 0.1) is 13.0 Å². The number of nitrogens with zero attached hydrogens (tertiary/aromatic N) is 2. The number of hydrogen-bond donors (Lipinski definition) is 0. The molecule has 1 aromatic heterocycles. The lowest BCUT2D eigenvalue weighted by Crippen LogP contribution is -2.00. The van der Waals surface area contributed by atoms with Crippen LogP contribution >= 0.6 is 0 Å². The van der Waals surface area contributed by atoms with Gasteiger partial charge >= 0.3 is 0 Å². The molecule has 0 aliphatic rings. The van der Waals surface area contributed by atoms with Crippen molar-refractivity contribution in [3.8, 4) is 17.1 Å². The highest BCUT2D eigenvalue weighted by Crippen LogP contribution is 2.21. The first-order valence-electron chi connectivity index (χ1n) is 6.30. The quantitative estimate of drug-likeness (QED) is 0.798. The first kappa shape index (κ1) is 13.3. The van der Waals surface area contributed by atoms with Gasteiger partial charge in [-0.25, -0.2) is 0 Å². The number of Topliss-reactive ketones (excluding diaryl/α,β-unsaturated/α-hetero) is 1. The van der Waals surface area contributed by atoms with Crippen LogP contribution in [0.25, 0.3) is 11.4 Å². The van der Waals surface area contributed by atoms with Crippen molar-refractivity contribution in [3.63, 3.8) is 0 Å². The van der Waals surface area contributed by atoms with Crippen molar-refractivity contribution >= 4 is 5.78 Å². The molecule has 1 aromatic carbocycles. The van der Waals surface area contributed by atoms with Crippen LogP contribution in [-0.4, -0.2) is 22.5 Å². The van der Waals surface area contributed by atoms with Crippen LogP contribution in [0.3, 0.4) is 0 Å². The highest BCUT2D eigenvalue weighted by molar-refractivity contribution is 5.79. The molecule has 5 nitrogen and oxygen atoms in total. The second-order valence-electron chi connectivity index (χ2n) is 4.04. The minimum atomic E-state index is 0.0817. The third-order valence-electron chi connectivity index (χ3n) is 2.61. The fourth-order valence-corrected chi connectivity index (χ4v) is 1.63. The van der Waals surface area contributed by atoms with Gasteiger partial charge in [0.25, 0.3) is 0 Å². The lowest BCUT2D eigenvalue weighted by atomic mass is 10.2. The number of benzene rings is 1. The molecule has 2 aromatic rings. The largest absolute Gasteiger partial charge is 0.494 e. The Hall–Kier alpha value is -2.17. The molecule has 2 rings (SSSR count). The van der Waals surface area contributed by atoms with E-state index in [2.05, 4.69) is 10.1 Å². The van der Waals surface area contributed by atoms with Gasteiger partial charge in [0.15, 0.2) is 0 Å². The van der Waals surface area contributed by atoms with Gasteiger partial charge in [-0.05, 0) is 19.1 Å². The molecule has 0 fully saturated rings. The maximum Gasteiger partial charge on any atom is 0.234 e. The van der Waals surface area contributed by atoms with E-state index in [1.54, 1.807) is 0 Å². The van der Waals surface area contributed by atoms with Gasteiger partial charge in [-0.1, -0.05) is 24.2 Å². The Morgan fingerprint density at radius 2 is 2.21 bits per heavy atom. The average molecular weight is 260 g/mol. The van der Waals surface area contributed by atoms with Crippen molar-refractivity contribution < 1.29 is 14.1 Å². The minimum Gasteiger partial charge on any atom is -0.494 e. The second-order valence-corrected chi connectivity index (χ2v) is 4.04. The molecule has 5 heteroatoms. The van der Waals surface area contributed by atoms with Crippen molar-refractivity contribution in [2.45, 2.75) is 26.7 Å². The first-order valence-corrected chi connectivity index (χ1v) is 6.30. The molecule has 0 amide bonds. The third kappa shape index (κ3) is 3.40. The molecule has 0 radical (unpaired) electrons. The highest BCUT2D eigenvalue weighted by Gasteiger charge is 2.11. The van der Waals surface area contributed by atoms with E-state index in [4.69, 9.17) is 9.26 Å². The van der Waals surface area contributed by atoms with Crippen LogP contribution in [0.15, 0.2) is 28.8 Å². The molecule has 0 spiro atoms. The summed E-state index contributed by atoms with van der Waals surface area (Å²) in [6, 6.07) is 7.46. The Bertz CT molecular complexity index is 563. The Kier molecular flexibility index (Phi) is 4.28. The average Bonchev–Trinajstić information content (AvgIpc) is 2.88. The predicted octanol–water partition coefficient (Wildman–Crippen LogP) is 2.66. The molecular weight excluding hydrogens is 244 g/mol. The lowest BCUT2D eigenvalue weighted by Gasteiger charge is -2.02. The molecule has 0 unspecified atom stereocenters. The van der Waals surface area contributed by atoms with Gasteiger partial charge in [-0.3, -0.25) is 4.79 Å². The molecule has 0 aliphatic carbocycles. The fraction of sp³-hybridized carbons (Fsp3) is 0.357. The van der Waals surface area contributed by atoms with E-state index >= 15 is 0 Å². The molecule has 100 valence electrons. The van der Waals surface area contributed by atoms with Crippen LogP contribution in [0, 0.1) is 0 Å². The van der Waals surface area contributed by atoms with Crippen LogP contribution in [0.2, 0.25) is 0 Å². The van der Waals surface area contributed by atoms with Gasteiger partial charge < -0.3 is 9.26 Å². The summed E-state index contributed by atoms with van der Waals surface area (Å²) >= 11 is 0. The zero-order valence-corrected chi connectivity index (χ0v) is 11.0. The summed E-state index contributed by atoms with van der Waals surface area (Å²) in [6.45, 7) is 4.34. The lowest BCUT2D eigenvalue weighted by molar-refractivity contribution is -0.118. The van der Waals surface area contributed by atoms with E-state index in [1.807, 2.05) is 38.1 Å². The topological polar surface area (TPSA) is 65.2 Å². The van der Waals surface area contributed by atoms with Crippen LogP contribution in [0.4, 0.5) is 0 Å². The molecule has 0 saturated heterocycles. The number of rotatable bonds is 6. The number of hydrogen-bond acceptors (Lipinski definition) is 5. The van der Waals surface area contributed by atoms with Gasteiger partial charge in [0, 0.05) is 12.0 Å². The van der Waals surface area contributed by atoms with Crippen LogP contribution in [-0.2, 0) is 11.2 Å². The summed E-state index contributed by atoms with van der Waals surface area (Å²) in [7, 11) is 0. The number of carbonyl (C=O) groups excluding carboxylic acids is 1. The third-order valence-corrected chi connectivity index (χ3v) is 2.61. The van der Waals surface area contributed by atoms with Crippen LogP contribution in [0.1, 0.15) is 26.2 Å². The van der Waals surface area contributed by atoms with Crippen molar-refractivity contribution in [2.24, 2.45) is 0 Å². The zero-order valence-electron chi connectivity index (χ0n) is 11.0. The molecular formula is C14H16N2O3. The molecule has 19 heavy (non-hydrogen) atoms. The summed E-state index contributed by atoms with van der Waals surface area (Å²) in [4.78, 5) is 15.5. The van der Waals surface area contributed by atoms with Crippen LogP contribution in [0.5, 0.6) is 5.75 Å². The highest BCUT2D eigenvalue weighted by atomic mass is 16.5. The minimum absolute atomic E-state index is 0.0817. The summed E-state index contributed by atoms with van der Waals surface area (Å²) < 4.78 is 10.5. The van der Waals surface area contributed by atoms with E-state index in [1.165, 1.54) is 0 Å². The van der Waals surface area contributed by atoms with Crippen LogP contribution < -0.4 is 4.74 Å². The standard InChI is InChI=1S/C14H16N2O3/c1-3-11(17)9-13-15-14(16-19-13)10-6-5-7-12(8-10)18-4-2/h5-8H,3-4,9H2,1-2H3. The number of ketones is 1. The summed E-state index contributed by atoms with van der Waals surface area (Å²) in [5, 5.41) is 3.88. The van der Waals surface area contributed by atoms with Gasteiger partial charge in [-0.15, -0.1) is 0 Å². The van der Waals surface area contributed by atoms with Gasteiger partial charge in [0.1, 0.15) is 11.5 Å². The van der Waals surface area contributed by atoms with E-state index in [0.29, 0.717) is 24.7 Å². The predicted molar refractivity (Wildman–Crippen MR) is 69.9 cm³/mol. The SMILES string of the molecule is CCOc1cccc(-c2noc(CC(=O)CC)n2)c1. The smallest absolute Gasteiger partial charge is 0.234 e. The molecule has 0 atom stereocenters. The summed E-state index contributed by atoms with van der Waals surface area (Å²) in [5.74, 6) is 1.67. The molecule has 0 N–H and O–H groups in total. The Balaban J connectivity index is 2.17. The van der Waals surface area contributed by atoms with E-state index in [0.717, 1.165) is 11.3 Å². The van der Waals surface area contributed by atoms with Crippen molar-refractivity contribution in [3.05, 3.63) is 30.2 Å². The normalized spacial score (nSPS) is 10.4. The van der Waals surface area contributed by atoms with E-state index in [-0.39, 0.29) is 12.2 Å². The summed E-state index contributed by atoms with van der Waals surface area (Å²) in [6.07, 6.45) is 0.659. The maximum absolute atomic E-state index is 11.3. The first-order chi connectivity index (χ1) is 9.22. The number of carbonyl (C=O) groups is 1. The van der Waals surface area contributed by atoms with Gasteiger partial charge in [-0.2, -0.15) is 4.98 Å². The monoisotopic (exact) mass is 260 g/mol. The zero-order chi connectivity index (χ0) is 13.7. The molecule has 1 heterocycles. The van der Waals surface area contributed by atoms with E-state index < -0.39 is 0 Å². The van der Waals surface area contributed by atoms with Crippen molar-refractivity contribution in [2.75, 3.05) is 6.61 Å². The van der Waals surface area contributed by atoms with Crippen molar-refractivity contribution in [1.82, 2.24) is 10.1 Å². The number of ether oxygens (including phenoxy) is 1. The van der Waals surface area contributed by atoms with Crippen molar-refractivity contribution in [1.29, 1.82) is 0 Å².